The number of carboxylic acid groups (broad SMARTS) is 1. The van der Waals surface area contributed by atoms with E-state index in [0.717, 1.165) is 109 Å². The van der Waals surface area contributed by atoms with Crippen LogP contribution in [0, 0.1) is 0 Å². The molecule has 346 valence electrons. The Bertz CT molecular complexity index is 1400. The minimum absolute atomic E-state index is 0.109. The third-order valence-electron chi connectivity index (χ3n) is 9.11. The predicted molar refractivity (Wildman–Crippen MR) is 249 cm³/mol. The zero-order chi connectivity index (χ0) is 44.9. The molecule has 1 amide bonds. The summed E-state index contributed by atoms with van der Waals surface area (Å²) in [4.78, 5) is 46.0. The van der Waals surface area contributed by atoms with Crippen LogP contribution in [0.15, 0.2) is 97.2 Å². The molecule has 0 saturated carbocycles. The number of ether oxygens (including phenoxy) is 1. The zero-order valence-corrected chi connectivity index (χ0v) is 38.3. The first-order valence-electron chi connectivity index (χ1n) is 22.8. The fourth-order valence-electron chi connectivity index (χ4n) is 5.57. The molecule has 0 aliphatic carbocycles. The highest BCUT2D eigenvalue weighted by Gasteiger charge is 2.28. The third kappa shape index (κ3) is 42.9. The van der Waals surface area contributed by atoms with E-state index < -0.39 is 57.6 Å². The van der Waals surface area contributed by atoms with Gasteiger partial charge in [-0.05, 0) is 89.9 Å². The van der Waals surface area contributed by atoms with Crippen LogP contribution in [0.2, 0.25) is 0 Å². The molecule has 0 aromatic heterocycles. The molecule has 0 aromatic rings. The number of amides is 1. The Morgan fingerprint density at radius 2 is 0.951 bits per heavy atom. The fraction of sp³-hybridized carbons (Fsp3) is 0.612. The Labute approximate surface area is 368 Å². The van der Waals surface area contributed by atoms with Gasteiger partial charge in [0.1, 0.15) is 12.7 Å². The van der Waals surface area contributed by atoms with Gasteiger partial charge in [0, 0.05) is 12.8 Å². The first-order valence-corrected chi connectivity index (χ1v) is 24.3. The molecule has 0 aliphatic rings. The number of aliphatic carboxylic acids is 1. The number of aliphatic hydroxyl groups excluding tert-OH is 1. The highest BCUT2D eigenvalue weighted by molar-refractivity contribution is 7.47. The molecule has 4 N–H and O–H groups in total. The lowest BCUT2D eigenvalue weighted by Crippen LogP contribution is -2.43. The predicted octanol–water partition coefficient (Wildman–Crippen LogP) is 12.1. The molecular formula is C49H80NO10P. The number of esters is 1. The molecule has 0 bridgehead atoms. The van der Waals surface area contributed by atoms with E-state index in [1.807, 2.05) is 0 Å². The van der Waals surface area contributed by atoms with E-state index in [1.165, 1.54) is 12.8 Å². The average Bonchev–Trinajstić information content (AvgIpc) is 3.24. The molecule has 3 unspecified atom stereocenters. The molecule has 0 spiro atoms. The summed E-state index contributed by atoms with van der Waals surface area (Å²) in [5.74, 6) is -2.44. The Kier molecular flexibility index (Phi) is 40.5. The number of carbonyl (C=O) groups is 3. The number of aliphatic hydroxyl groups is 1. The van der Waals surface area contributed by atoms with Gasteiger partial charge in [0.25, 0.3) is 0 Å². The Balaban J connectivity index is 3.99. The van der Waals surface area contributed by atoms with E-state index >= 15 is 0 Å². The minimum atomic E-state index is -4.78. The van der Waals surface area contributed by atoms with E-state index in [1.54, 1.807) is 0 Å². The van der Waals surface area contributed by atoms with Crippen LogP contribution in [0.4, 0.5) is 0 Å². The van der Waals surface area contributed by atoms with Crippen LogP contribution in [0.3, 0.4) is 0 Å². The monoisotopic (exact) mass is 874 g/mol. The van der Waals surface area contributed by atoms with E-state index in [9.17, 15) is 34.1 Å². The number of hydrogen-bond acceptors (Lipinski definition) is 8. The fourth-order valence-corrected chi connectivity index (χ4v) is 6.34. The van der Waals surface area contributed by atoms with Crippen molar-refractivity contribution in [2.45, 2.75) is 174 Å². The van der Waals surface area contributed by atoms with Gasteiger partial charge in [0.15, 0.2) is 6.04 Å². The molecule has 0 rings (SSSR count). The molecule has 3 atom stereocenters. The van der Waals surface area contributed by atoms with Crippen molar-refractivity contribution in [3.8, 4) is 0 Å². The number of phosphoric acid groups is 1. The van der Waals surface area contributed by atoms with Crippen LogP contribution in [-0.4, -0.2) is 64.9 Å². The number of hydrogen-bond donors (Lipinski definition) is 4. The highest BCUT2D eigenvalue weighted by Crippen LogP contribution is 2.43. The summed E-state index contributed by atoms with van der Waals surface area (Å²) < 4.78 is 26.8. The summed E-state index contributed by atoms with van der Waals surface area (Å²) in [6.07, 6.45) is 54.3. The van der Waals surface area contributed by atoms with E-state index in [-0.39, 0.29) is 12.8 Å². The van der Waals surface area contributed by atoms with E-state index in [4.69, 9.17) is 13.8 Å². The minimum Gasteiger partial charge on any atom is -0.480 e. The van der Waals surface area contributed by atoms with Crippen molar-refractivity contribution < 1.29 is 47.8 Å². The molecule has 12 heteroatoms. The first-order chi connectivity index (χ1) is 29.6. The van der Waals surface area contributed by atoms with Gasteiger partial charge in [-0.3, -0.25) is 18.6 Å². The van der Waals surface area contributed by atoms with Crippen LogP contribution < -0.4 is 5.32 Å². The largest absolute Gasteiger partial charge is 0.480 e. The molecule has 61 heavy (non-hydrogen) atoms. The third-order valence-corrected chi connectivity index (χ3v) is 10.1. The van der Waals surface area contributed by atoms with Crippen molar-refractivity contribution in [1.82, 2.24) is 5.32 Å². The Hall–Kier alpha value is -3.60. The zero-order valence-electron chi connectivity index (χ0n) is 37.4. The second-order valence-corrected chi connectivity index (χ2v) is 16.3. The number of unbranched alkanes of at least 4 members (excludes halogenated alkanes) is 11. The lowest BCUT2D eigenvalue weighted by atomic mass is 10.1. The van der Waals surface area contributed by atoms with Crippen LogP contribution in [0.5, 0.6) is 0 Å². The normalized spacial score (nSPS) is 14.6. The number of phosphoric ester groups is 1. The number of carbonyl (C=O) groups excluding carboxylic acids is 2. The standard InChI is InChI=1S/C49H80NO10P/c1-3-5-7-9-11-13-15-17-19-20-21-22-23-24-25-26-27-28-30-32-34-36-38-40-47(52)50-46(49(54)55)44-60-61(56,57)59-43-45(51)42-58-48(53)41-39-37-35-33-31-29-18-16-14-12-10-8-6-4-2/h5,7,10-13,16-19,21-22,24-25,27-28,45-46,51H,3-4,6,8-9,14-15,20,23,26,29-44H2,1-2H3,(H,50,52)(H,54,55)(H,56,57)/b7-5-,12-10-,13-11-,18-16-,19-17-,22-21-,25-24-,28-27-. The highest BCUT2D eigenvalue weighted by atomic mass is 31.2. The lowest BCUT2D eigenvalue weighted by Gasteiger charge is -2.18. The first kappa shape index (κ1) is 57.4. The van der Waals surface area contributed by atoms with Gasteiger partial charge in [-0.25, -0.2) is 9.36 Å². The summed E-state index contributed by atoms with van der Waals surface area (Å²) in [5.41, 5.74) is 0. The van der Waals surface area contributed by atoms with Gasteiger partial charge in [0.05, 0.1) is 13.2 Å². The molecule has 11 nitrogen and oxygen atoms in total. The van der Waals surface area contributed by atoms with Crippen molar-refractivity contribution in [2.75, 3.05) is 19.8 Å². The molecule has 0 heterocycles. The van der Waals surface area contributed by atoms with E-state index in [0.29, 0.717) is 12.8 Å². The maximum atomic E-state index is 12.3. The van der Waals surface area contributed by atoms with Crippen molar-refractivity contribution in [3.05, 3.63) is 97.2 Å². The van der Waals surface area contributed by atoms with Crippen molar-refractivity contribution in [2.24, 2.45) is 0 Å². The van der Waals surface area contributed by atoms with Gasteiger partial charge in [0.2, 0.25) is 5.91 Å². The van der Waals surface area contributed by atoms with Crippen LogP contribution in [-0.2, 0) is 32.7 Å². The van der Waals surface area contributed by atoms with Crippen LogP contribution in [0.25, 0.3) is 0 Å². The molecule has 0 radical (unpaired) electrons. The number of nitrogens with one attached hydrogen (secondary N) is 1. The molecule has 0 saturated heterocycles. The lowest BCUT2D eigenvalue weighted by molar-refractivity contribution is -0.147. The number of allylic oxidation sites excluding steroid dienone is 16. The SMILES string of the molecule is CC/C=C\C/C=C\C/C=C\C/C=C\C/C=C\C/C=C\CCCCCCC(=O)NC(COP(=O)(O)OCC(O)COC(=O)CCCCCCC/C=C\C/C=C\CCCC)C(=O)O. The molecule has 0 fully saturated rings. The molecule has 0 aliphatic heterocycles. The van der Waals surface area contributed by atoms with E-state index in [2.05, 4.69) is 116 Å². The topological polar surface area (TPSA) is 169 Å². The number of rotatable bonds is 41. The second-order valence-electron chi connectivity index (χ2n) is 14.9. The van der Waals surface area contributed by atoms with Crippen molar-refractivity contribution in [3.63, 3.8) is 0 Å². The summed E-state index contributed by atoms with van der Waals surface area (Å²) >= 11 is 0. The van der Waals surface area contributed by atoms with Crippen molar-refractivity contribution >= 4 is 25.7 Å². The Morgan fingerprint density at radius 3 is 1.43 bits per heavy atom. The summed E-state index contributed by atoms with van der Waals surface area (Å²) in [6.45, 7) is 2.39. The Morgan fingerprint density at radius 1 is 0.541 bits per heavy atom. The quantitative estimate of drug-likeness (QED) is 0.0201. The summed E-state index contributed by atoms with van der Waals surface area (Å²) in [7, 11) is -4.78. The summed E-state index contributed by atoms with van der Waals surface area (Å²) in [5, 5.41) is 21.8. The smallest absolute Gasteiger partial charge is 0.472 e. The van der Waals surface area contributed by atoms with Gasteiger partial charge in [-0.2, -0.15) is 0 Å². The summed E-state index contributed by atoms with van der Waals surface area (Å²) in [6, 6.07) is -1.57. The molecule has 0 aromatic carbocycles. The molecular weight excluding hydrogens is 794 g/mol. The van der Waals surface area contributed by atoms with Crippen LogP contribution >= 0.6 is 7.82 Å². The van der Waals surface area contributed by atoms with Gasteiger partial charge < -0.3 is 25.2 Å². The van der Waals surface area contributed by atoms with Crippen LogP contribution in [0.1, 0.15) is 162 Å². The van der Waals surface area contributed by atoms with Crippen molar-refractivity contribution in [1.29, 1.82) is 0 Å². The maximum Gasteiger partial charge on any atom is 0.472 e. The van der Waals surface area contributed by atoms with Gasteiger partial charge in [-0.1, -0.05) is 156 Å². The van der Waals surface area contributed by atoms with Gasteiger partial charge in [-0.15, -0.1) is 0 Å². The maximum absolute atomic E-state index is 12.3. The second kappa shape index (κ2) is 43.1. The number of carboxylic acids is 1. The van der Waals surface area contributed by atoms with Gasteiger partial charge >= 0.3 is 19.8 Å². The average molecular weight is 874 g/mol.